The van der Waals surface area contributed by atoms with Crippen molar-refractivity contribution in [3.05, 3.63) is 44.9 Å². The van der Waals surface area contributed by atoms with Crippen LogP contribution in [0.4, 0.5) is 13.2 Å². The predicted molar refractivity (Wildman–Crippen MR) is 102 cm³/mol. The zero-order valence-corrected chi connectivity index (χ0v) is 17.4. The number of hydrogen-bond acceptors (Lipinski definition) is 5. The van der Waals surface area contributed by atoms with Crippen LogP contribution >= 0.6 is 22.9 Å². The summed E-state index contributed by atoms with van der Waals surface area (Å²) >= 11 is 7.18. The molecular formula is C17H19ClF3N3O2S2. The Labute approximate surface area is 170 Å². The van der Waals surface area contributed by atoms with E-state index >= 15 is 0 Å². The average molecular weight is 454 g/mol. The fraction of sp³-hybridized carbons (Fsp3) is 0.471. The number of halogens is 4. The molecule has 1 saturated heterocycles. The van der Waals surface area contributed by atoms with Gasteiger partial charge in [0.25, 0.3) is 0 Å². The second-order valence-electron chi connectivity index (χ2n) is 6.41. The van der Waals surface area contributed by atoms with Gasteiger partial charge in [0.15, 0.2) is 0 Å². The molecule has 0 bridgehead atoms. The monoisotopic (exact) mass is 453 g/mol. The summed E-state index contributed by atoms with van der Waals surface area (Å²) in [7, 11) is -4.02. The van der Waals surface area contributed by atoms with E-state index in [9.17, 15) is 21.6 Å². The minimum Gasteiger partial charge on any atom is -0.295 e. The van der Waals surface area contributed by atoms with Gasteiger partial charge in [-0.05, 0) is 24.6 Å². The molecule has 0 unspecified atom stereocenters. The summed E-state index contributed by atoms with van der Waals surface area (Å²) in [4.78, 5) is 6.19. The lowest BCUT2D eigenvalue weighted by Crippen LogP contribution is -2.48. The van der Waals surface area contributed by atoms with Crippen LogP contribution in [0.3, 0.4) is 0 Å². The van der Waals surface area contributed by atoms with Crippen molar-refractivity contribution in [2.24, 2.45) is 0 Å². The lowest BCUT2D eigenvalue weighted by Gasteiger charge is -2.33. The molecule has 2 aromatic rings. The van der Waals surface area contributed by atoms with Crippen LogP contribution in [0, 0.1) is 0 Å². The van der Waals surface area contributed by atoms with Crippen LogP contribution in [0.1, 0.15) is 23.2 Å². The highest BCUT2D eigenvalue weighted by atomic mass is 35.5. The second-order valence-corrected chi connectivity index (χ2v) is 9.69. The van der Waals surface area contributed by atoms with Gasteiger partial charge in [0, 0.05) is 38.1 Å². The van der Waals surface area contributed by atoms with E-state index in [1.54, 1.807) is 11.3 Å². The fourth-order valence-corrected chi connectivity index (χ4v) is 5.38. The lowest BCUT2D eigenvalue weighted by molar-refractivity contribution is -0.137. The smallest absolute Gasteiger partial charge is 0.295 e. The Morgan fingerprint density at radius 2 is 1.89 bits per heavy atom. The number of thiazole rings is 1. The molecule has 1 aromatic heterocycles. The number of alkyl halides is 3. The molecule has 1 aliphatic heterocycles. The summed E-state index contributed by atoms with van der Waals surface area (Å²) in [6.07, 6.45) is -3.84. The average Bonchev–Trinajstić information content (AvgIpc) is 3.09. The molecule has 154 valence electrons. The Morgan fingerprint density at radius 1 is 1.21 bits per heavy atom. The second kappa shape index (κ2) is 8.27. The zero-order chi connectivity index (χ0) is 20.5. The number of benzene rings is 1. The molecule has 0 atom stereocenters. The SMILES string of the molecule is CCc1nc(CN2CCN(S(=O)(=O)c3ccc(Cl)c(C(F)(F)F)c3)CC2)cs1. The molecule has 1 aliphatic rings. The molecule has 0 N–H and O–H groups in total. The van der Waals surface area contributed by atoms with Gasteiger partial charge in [0.05, 0.1) is 26.2 Å². The van der Waals surface area contributed by atoms with Crippen molar-refractivity contribution >= 4 is 33.0 Å². The highest BCUT2D eigenvalue weighted by Gasteiger charge is 2.36. The maximum atomic E-state index is 13.0. The summed E-state index contributed by atoms with van der Waals surface area (Å²) in [5.74, 6) is 0. The predicted octanol–water partition coefficient (Wildman–Crippen LogP) is 3.88. The van der Waals surface area contributed by atoms with Gasteiger partial charge in [-0.3, -0.25) is 4.90 Å². The van der Waals surface area contributed by atoms with Gasteiger partial charge in [0.2, 0.25) is 10.0 Å². The number of rotatable bonds is 5. The zero-order valence-electron chi connectivity index (χ0n) is 15.0. The molecule has 0 amide bonds. The Balaban J connectivity index is 1.69. The number of aromatic nitrogens is 1. The summed E-state index contributed by atoms with van der Waals surface area (Å²) in [6, 6.07) is 2.69. The molecule has 1 aromatic carbocycles. The van der Waals surface area contributed by atoms with Gasteiger partial charge in [-0.15, -0.1) is 11.3 Å². The Kier molecular flexibility index (Phi) is 6.35. The number of piperazine rings is 1. The van der Waals surface area contributed by atoms with E-state index in [-0.39, 0.29) is 13.1 Å². The van der Waals surface area contributed by atoms with Gasteiger partial charge < -0.3 is 0 Å². The van der Waals surface area contributed by atoms with E-state index in [2.05, 4.69) is 9.88 Å². The van der Waals surface area contributed by atoms with Crippen molar-refractivity contribution in [3.63, 3.8) is 0 Å². The largest absolute Gasteiger partial charge is 0.417 e. The first-order valence-electron chi connectivity index (χ1n) is 8.64. The quantitative estimate of drug-likeness (QED) is 0.689. The normalized spacial score (nSPS) is 17.2. The van der Waals surface area contributed by atoms with Crippen LogP contribution in [-0.4, -0.2) is 48.8 Å². The Morgan fingerprint density at radius 3 is 2.46 bits per heavy atom. The van der Waals surface area contributed by atoms with Crippen molar-refractivity contribution in [2.45, 2.75) is 31.0 Å². The first-order chi connectivity index (χ1) is 13.1. The van der Waals surface area contributed by atoms with Gasteiger partial charge in [-0.2, -0.15) is 17.5 Å². The molecule has 5 nitrogen and oxygen atoms in total. The molecule has 2 heterocycles. The fourth-order valence-electron chi connectivity index (χ4n) is 2.97. The summed E-state index contributed by atoms with van der Waals surface area (Å²) in [6.45, 7) is 4.04. The van der Waals surface area contributed by atoms with Crippen LogP contribution in [0.5, 0.6) is 0 Å². The maximum absolute atomic E-state index is 13.0. The summed E-state index contributed by atoms with van der Waals surface area (Å²) < 4.78 is 65.9. The molecule has 11 heteroatoms. The van der Waals surface area contributed by atoms with Gasteiger partial charge >= 0.3 is 6.18 Å². The number of nitrogens with zero attached hydrogens (tertiary/aromatic N) is 3. The highest BCUT2D eigenvalue weighted by molar-refractivity contribution is 7.89. The van der Waals surface area contributed by atoms with Crippen molar-refractivity contribution in [1.82, 2.24) is 14.2 Å². The number of aryl methyl sites for hydroxylation is 1. The first-order valence-corrected chi connectivity index (χ1v) is 11.3. The van der Waals surface area contributed by atoms with Crippen LogP contribution in [-0.2, 0) is 29.2 Å². The van der Waals surface area contributed by atoms with E-state index in [0.717, 1.165) is 29.3 Å². The van der Waals surface area contributed by atoms with Crippen LogP contribution < -0.4 is 0 Å². The Hall–Kier alpha value is -1.20. The molecule has 1 fully saturated rings. The number of sulfonamides is 1. The molecule has 28 heavy (non-hydrogen) atoms. The Bertz CT molecular complexity index is 939. The van der Waals surface area contributed by atoms with Gasteiger partial charge in [-0.25, -0.2) is 13.4 Å². The first kappa shape index (κ1) is 21.5. The van der Waals surface area contributed by atoms with Crippen LogP contribution in [0.15, 0.2) is 28.5 Å². The van der Waals surface area contributed by atoms with Gasteiger partial charge in [0.1, 0.15) is 0 Å². The van der Waals surface area contributed by atoms with E-state index in [4.69, 9.17) is 11.6 Å². The van der Waals surface area contributed by atoms with E-state index in [0.29, 0.717) is 25.7 Å². The van der Waals surface area contributed by atoms with Crippen molar-refractivity contribution in [1.29, 1.82) is 0 Å². The standard InChI is InChI=1S/C17H19ClF3N3O2S2/c1-2-16-22-12(11-27-16)10-23-5-7-24(8-6-23)28(25,26)13-3-4-15(18)14(9-13)17(19,20)21/h3-4,9,11H,2,5-8,10H2,1H3. The number of hydrogen-bond donors (Lipinski definition) is 0. The summed E-state index contributed by atoms with van der Waals surface area (Å²) in [5.41, 5.74) is -0.199. The van der Waals surface area contributed by atoms with Gasteiger partial charge in [-0.1, -0.05) is 18.5 Å². The van der Waals surface area contributed by atoms with E-state index in [1.807, 2.05) is 12.3 Å². The van der Waals surface area contributed by atoms with Crippen molar-refractivity contribution in [2.75, 3.05) is 26.2 Å². The minimum absolute atomic E-state index is 0.205. The lowest BCUT2D eigenvalue weighted by atomic mass is 10.2. The van der Waals surface area contributed by atoms with E-state index < -0.39 is 31.7 Å². The molecule has 0 spiro atoms. The maximum Gasteiger partial charge on any atom is 0.417 e. The minimum atomic E-state index is -4.72. The van der Waals surface area contributed by atoms with Crippen LogP contribution in [0.2, 0.25) is 5.02 Å². The third-order valence-electron chi connectivity index (χ3n) is 4.50. The van der Waals surface area contributed by atoms with Crippen molar-refractivity contribution in [3.8, 4) is 0 Å². The summed E-state index contributed by atoms with van der Waals surface area (Å²) in [5, 5.41) is 2.53. The van der Waals surface area contributed by atoms with Crippen LogP contribution in [0.25, 0.3) is 0 Å². The molecule has 0 aliphatic carbocycles. The third-order valence-corrected chi connectivity index (χ3v) is 7.77. The molecule has 0 radical (unpaired) electrons. The molecule has 3 rings (SSSR count). The molecular weight excluding hydrogens is 435 g/mol. The van der Waals surface area contributed by atoms with Crippen molar-refractivity contribution < 1.29 is 21.6 Å². The third kappa shape index (κ3) is 4.68. The van der Waals surface area contributed by atoms with E-state index in [1.165, 1.54) is 4.31 Å². The molecule has 0 saturated carbocycles. The highest BCUT2D eigenvalue weighted by Crippen LogP contribution is 2.36. The topological polar surface area (TPSA) is 53.5 Å².